The van der Waals surface area contributed by atoms with E-state index in [2.05, 4.69) is 5.18 Å². The van der Waals surface area contributed by atoms with E-state index in [1.165, 1.54) is 0 Å². The third-order valence-corrected chi connectivity index (χ3v) is 5.77. The molecule has 0 spiro atoms. The number of hydrogen-bond acceptors (Lipinski definition) is 6. The largest absolute Gasteiger partial charge is 0.432 e. The number of amides is 2. The van der Waals surface area contributed by atoms with E-state index >= 15 is 0 Å². The first kappa shape index (κ1) is 19.9. The summed E-state index contributed by atoms with van der Waals surface area (Å²) in [6.07, 6.45) is 3.20. The van der Waals surface area contributed by atoms with Crippen molar-refractivity contribution in [2.24, 2.45) is 5.18 Å². The Hall–Kier alpha value is -3.35. The molecule has 7 heteroatoms. The number of carbonyl (C=O) groups is 3. The van der Waals surface area contributed by atoms with Crippen LogP contribution in [0.1, 0.15) is 58.4 Å². The molecule has 4 rings (SSSR count). The molecule has 0 aromatic heterocycles. The molecule has 0 unspecified atom stereocenters. The van der Waals surface area contributed by atoms with Crippen molar-refractivity contribution < 1.29 is 19.1 Å². The number of nitrogens with zero attached hydrogens (tertiary/aromatic N) is 2. The lowest BCUT2D eigenvalue weighted by Crippen LogP contribution is -2.49. The molecule has 1 aliphatic carbocycles. The van der Waals surface area contributed by atoms with E-state index in [0.29, 0.717) is 12.8 Å². The van der Waals surface area contributed by atoms with Gasteiger partial charge in [0.05, 0.1) is 11.1 Å². The Morgan fingerprint density at radius 3 is 2.07 bits per heavy atom. The van der Waals surface area contributed by atoms with Crippen LogP contribution >= 0.6 is 0 Å². The van der Waals surface area contributed by atoms with Gasteiger partial charge in [0.15, 0.2) is 0 Å². The van der Waals surface area contributed by atoms with Gasteiger partial charge >= 0.3 is 5.97 Å². The van der Waals surface area contributed by atoms with Gasteiger partial charge in [0.25, 0.3) is 11.8 Å². The molecular weight excluding hydrogens is 384 g/mol. The minimum atomic E-state index is -1.43. The summed E-state index contributed by atoms with van der Waals surface area (Å²) in [4.78, 5) is 51.7. The minimum Gasteiger partial charge on any atom is -0.432 e. The van der Waals surface area contributed by atoms with Crippen LogP contribution in [0.4, 0.5) is 0 Å². The molecule has 1 aliphatic heterocycles. The van der Waals surface area contributed by atoms with E-state index in [1.54, 1.807) is 24.3 Å². The molecule has 1 fully saturated rings. The molecule has 7 nitrogen and oxygen atoms in total. The van der Waals surface area contributed by atoms with Gasteiger partial charge in [0, 0.05) is 19.3 Å². The highest BCUT2D eigenvalue weighted by Gasteiger charge is 2.46. The fourth-order valence-electron chi connectivity index (χ4n) is 4.18. The first-order chi connectivity index (χ1) is 14.5. The Labute approximate surface area is 174 Å². The molecule has 30 heavy (non-hydrogen) atoms. The van der Waals surface area contributed by atoms with Gasteiger partial charge in [0.2, 0.25) is 5.72 Å². The zero-order chi connectivity index (χ0) is 21.1. The third kappa shape index (κ3) is 3.63. The van der Waals surface area contributed by atoms with E-state index in [4.69, 9.17) is 4.74 Å². The third-order valence-electron chi connectivity index (χ3n) is 5.77. The molecule has 0 bridgehead atoms. The molecule has 0 N–H and O–H groups in total. The first-order valence-electron chi connectivity index (χ1n) is 10.1. The number of carbonyl (C=O) groups excluding carboxylic acids is 3. The summed E-state index contributed by atoms with van der Waals surface area (Å²) in [5, 5.41) is 3.13. The average Bonchev–Trinajstić information content (AvgIpc) is 3.04. The lowest BCUT2D eigenvalue weighted by Gasteiger charge is -2.33. The van der Waals surface area contributed by atoms with Crippen molar-refractivity contribution in [1.82, 2.24) is 4.90 Å². The van der Waals surface area contributed by atoms with Crippen LogP contribution in [0, 0.1) is 4.91 Å². The zero-order valence-corrected chi connectivity index (χ0v) is 16.5. The van der Waals surface area contributed by atoms with Crippen LogP contribution in [-0.4, -0.2) is 34.5 Å². The number of ether oxygens (including phenoxy) is 1. The minimum absolute atomic E-state index is 0.0973. The molecule has 2 aliphatic rings. The van der Waals surface area contributed by atoms with Crippen LogP contribution in [0.3, 0.4) is 0 Å². The number of rotatable bonds is 6. The van der Waals surface area contributed by atoms with Crippen molar-refractivity contribution >= 4 is 17.8 Å². The fourth-order valence-corrected chi connectivity index (χ4v) is 4.18. The Morgan fingerprint density at radius 1 is 0.933 bits per heavy atom. The van der Waals surface area contributed by atoms with Gasteiger partial charge in [-0.1, -0.05) is 48.9 Å². The summed E-state index contributed by atoms with van der Waals surface area (Å²) >= 11 is 0. The SMILES string of the molecule is O=NC1(OC(=O)[C@H](Cc2ccccc2)N2C(=O)c3ccccc3C2=O)CCCCC1. The van der Waals surface area contributed by atoms with Gasteiger partial charge in [0.1, 0.15) is 6.04 Å². The maximum atomic E-state index is 13.2. The highest BCUT2D eigenvalue weighted by atomic mass is 16.6. The molecule has 1 atom stereocenters. The topological polar surface area (TPSA) is 93.1 Å². The Kier molecular flexibility index (Phi) is 5.44. The summed E-state index contributed by atoms with van der Waals surface area (Å²) in [6.45, 7) is 0. The number of nitroso groups, excluding NO2 is 1. The predicted molar refractivity (Wildman–Crippen MR) is 109 cm³/mol. The smallest absolute Gasteiger partial charge is 0.332 e. The lowest BCUT2D eigenvalue weighted by molar-refractivity contribution is -0.167. The standard InChI is InChI=1S/C23H22N2O5/c26-20-17-11-5-6-12-18(17)21(27)25(20)19(15-16-9-3-1-4-10-16)22(28)30-23(24-29)13-7-2-8-14-23/h1,3-6,9-12,19H,2,7-8,13-15H2/t19-/m0/s1. The van der Waals surface area contributed by atoms with Gasteiger partial charge in [-0.15, -0.1) is 4.91 Å². The molecule has 0 radical (unpaired) electrons. The Bertz CT molecular complexity index is 947. The summed E-state index contributed by atoms with van der Waals surface area (Å²) in [5.41, 5.74) is -0.139. The monoisotopic (exact) mass is 406 g/mol. The molecular formula is C23H22N2O5. The van der Waals surface area contributed by atoms with Gasteiger partial charge < -0.3 is 4.74 Å². The summed E-state index contributed by atoms with van der Waals surface area (Å²) in [5.74, 6) is -1.86. The second kappa shape index (κ2) is 8.18. The van der Waals surface area contributed by atoms with Crippen LogP contribution in [0.25, 0.3) is 0 Å². The summed E-state index contributed by atoms with van der Waals surface area (Å²) in [7, 11) is 0. The molecule has 154 valence electrons. The maximum absolute atomic E-state index is 13.2. The van der Waals surface area contributed by atoms with E-state index in [9.17, 15) is 19.3 Å². The second-order valence-corrected chi connectivity index (χ2v) is 7.75. The van der Waals surface area contributed by atoms with E-state index in [1.807, 2.05) is 30.3 Å². The number of imide groups is 1. The maximum Gasteiger partial charge on any atom is 0.332 e. The summed E-state index contributed by atoms with van der Waals surface area (Å²) < 4.78 is 5.61. The predicted octanol–water partition coefficient (Wildman–Crippen LogP) is 3.86. The fraction of sp³-hybridized carbons (Fsp3) is 0.348. The quantitative estimate of drug-likeness (QED) is 0.412. The molecule has 0 saturated heterocycles. The first-order valence-corrected chi connectivity index (χ1v) is 10.1. The van der Waals surface area contributed by atoms with Crippen molar-refractivity contribution in [2.75, 3.05) is 0 Å². The molecule has 1 heterocycles. The van der Waals surface area contributed by atoms with Gasteiger partial charge in [-0.3, -0.25) is 14.5 Å². The van der Waals surface area contributed by atoms with Gasteiger partial charge in [-0.05, 0) is 35.7 Å². The van der Waals surface area contributed by atoms with E-state index < -0.39 is 29.6 Å². The average molecular weight is 406 g/mol. The normalized spacial score (nSPS) is 18.6. The van der Waals surface area contributed by atoms with E-state index in [0.717, 1.165) is 29.7 Å². The molecule has 2 aromatic rings. The Morgan fingerprint density at radius 2 is 1.50 bits per heavy atom. The Balaban J connectivity index is 1.67. The molecule has 2 aromatic carbocycles. The molecule has 1 saturated carbocycles. The molecule has 2 amide bonds. The van der Waals surface area contributed by atoms with Crippen molar-refractivity contribution in [1.29, 1.82) is 0 Å². The van der Waals surface area contributed by atoms with Crippen LogP contribution < -0.4 is 0 Å². The van der Waals surface area contributed by atoms with Crippen molar-refractivity contribution in [3.8, 4) is 0 Å². The second-order valence-electron chi connectivity index (χ2n) is 7.75. The highest BCUT2D eigenvalue weighted by Crippen LogP contribution is 2.34. The number of fused-ring (bicyclic) bond motifs is 1. The van der Waals surface area contributed by atoms with E-state index in [-0.39, 0.29) is 17.5 Å². The summed E-state index contributed by atoms with van der Waals surface area (Å²) in [6, 6.07) is 14.4. The number of esters is 1. The lowest BCUT2D eigenvalue weighted by atomic mass is 9.92. The van der Waals surface area contributed by atoms with Crippen LogP contribution in [0.5, 0.6) is 0 Å². The van der Waals surface area contributed by atoms with Crippen LogP contribution in [0.15, 0.2) is 59.8 Å². The van der Waals surface area contributed by atoms with Crippen molar-refractivity contribution in [3.63, 3.8) is 0 Å². The van der Waals surface area contributed by atoms with Gasteiger partial charge in [-0.25, -0.2) is 4.79 Å². The number of benzene rings is 2. The number of hydrogen-bond donors (Lipinski definition) is 0. The van der Waals surface area contributed by atoms with Crippen molar-refractivity contribution in [3.05, 3.63) is 76.2 Å². The highest BCUT2D eigenvalue weighted by molar-refractivity contribution is 6.22. The van der Waals surface area contributed by atoms with Crippen LogP contribution in [0.2, 0.25) is 0 Å². The zero-order valence-electron chi connectivity index (χ0n) is 16.5. The van der Waals surface area contributed by atoms with Gasteiger partial charge in [-0.2, -0.15) is 0 Å². The van der Waals surface area contributed by atoms with Crippen molar-refractivity contribution in [2.45, 2.75) is 50.3 Å². The van der Waals surface area contributed by atoms with Crippen LogP contribution in [-0.2, 0) is 16.0 Å².